The summed E-state index contributed by atoms with van der Waals surface area (Å²) >= 11 is 0. The minimum Gasteiger partial charge on any atom is -0.289 e. The summed E-state index contributed by atoms with van der Waals surface area (Å²) in [5, 5.41) is 0. The van der Waals surface area contributed by atoms with Gasteiger partial charge >= 0.3 is 0 Å². The van der Waals surface area contributed by atoms with Gasteiger partial charge in [0.2, 0.25) is 0 Å². The van der Waals surface area contributed by atoms with E-state index in [1.165, 1.54) is 11.1 Å². The Bertz CT molecular complexity index is 275. The second-order valence-electron chi connectivity index (χ2n) is 4.04. The van der Waals surface area contributed by atoms with Crippen molar-refractivity contribution in [1.29, 1.82) is 0 Å². The Labute approximate surface area is 86.9 Å². The molecule has 0 aromatic rings. The van der Waals surface area contributed by atoms with Crippen LogP contribution in [-0.2, 0) is 4.79 Å². The van der Waals surface area contributed by atoms with Gasteiger partial charge in [0, 0.05) is 11.1 Å². The van der Waals surface area contributed by atoms with Crippen LogP contribution in [0.1, 0.15) is 53.4 Å². The molecule has 0 unspecified atom stereocenters. The largest absolute Gasteiger partial charge is 0.289 e. The van der Waals surface area contributed by atoms with E-state index in [0.717, 1.165) is 36.8 Å². The van der Waals surface area contributed by atoms with Crippen molar-refractivity contribution in [2.75, 3.05) is 0 Å². The molecule has 0 atom stereocenters. The fourth-order valence-corrected chi connectivity index (χ4v) is 2.18. The number of hydrogen-bond donors (Lipinski definition) is 0. The highest BCUT2D eigenvalue weighted by atomic mass is 16.1. The number of rotatable bonds is 4. The van der Waals surface area contributed by atoms with Gasteiger partial charge in [-0.3, -0.25) is 4.79 Å². The first-order chi connectivity index (χ1) is 6.63. The maximum Gasteiger partial charge on any atom is 0.184 e. The third-order valence-electron chi connectivity index (χ3n) is 2.95. The maximum atomic E-state index is 11.8. The van der Waals surface area contributed by atoms with Gasteiger partial charge in [0.1, 0.15) is 0 Å². The van der Waals surface area contributed by atoms with E-state index in [0.29, 0.717) is 0 Å². The van der Waals surface area contributed by atoms with Crippen LogP contribution in [0.3, 0.4) is 0 Å². The summed E-state index contributed by atoms with van der Waals surface area (Å²) in [4.78, 5) is 11.8. The Morgan fingerprint density at radius 3 is 1.50 bits per heavy atom. The van der Waals surface area contributed by atoms with Gasteiger partial charge in [0.05, 0.1) is 0 Å². The van der Waals surface area contributed by atoms with Crippen molar-refractivity contribution in [2.24, 2.45) is 0 Å². The molecule has 1 nitrogen and oxygen atoms in total. The van der Waals surface area contributed by atoms with Crippen molar-refractivity contribution in [3.05, 3.63) is 22.3 Å². The lowest BCUT2D eigenvalue weighted by Crippen LogP contribution is -1.95. The van der Waals surface area contributed by atoms with Crippen LogP contribution in [0, 0.1) is 0 Å². The Kier molecular flexibility index (Phi) is 3.68. The molecular formula is C13H20O. The van der Waals surface area contributed by atoms with Gasteiger partial charge in [0.15, 0.2) is 5.78 Å². The summed E-state index contributed by atoms with van der Waals surface area (Å²) in [5.74, 6) is 0.275. The minimum absolute atomic E-state index is 0.275. The molecular weight excluding hydrogens is 172 g/mol. The SMILES string of the molecule is CCCC1=C(C)C(=O)C(C)=C1CCC. The molecule has 0 N–H and O–H groups in total. The Morgan fingerprint density at radius 2 is 1.21 bits per heavy atom. The number of allylic oxidation sites excluding steroid dienone is 4. The number of carbonyl (C=O) groups is 1. The van der Waals surface area contributed by atoms with Crippen LogP contribution in [0.4, 0.5) is 0 Å². The predicted molar refractivity (Wildman–Crippen MR) is 60.2 cm³/mol. The summed E-state index contributed by atoms with van der Waals surface area (Å²) in [7, 11) is 0. The summed E-state index contributed by atoms with van der Waals surface area (Å²) in [6.07, 6.45) is 4.37. The lowest BCUT2D eigenvalue weighted by Gasteiger charge is -2.07. The van der Waals surface area contributed by atoms with Crippen LogP contribution in [-0.4, -0.2) is 5.78 Å². The van der Waals surface area contributed by atoms with E-state index in [1.54, 1.807) is 0 Å². The third kappa shape index (κ3) is 1.82. The first-order valence-corrected chi connectivity index (χ1v) is 5.58. The third-order valence-corrected chi connectivity index (χ3v) is 2.95. The summed E-state index contributed by atoms with van der Waals surface area (Å²) in [6.45, 7) is 8.28. The fraction of sp³-hybridized carbons (Fsp3) is 0.615. The molecule has 0 radical (unpaired) electrons. The van der Waals surface area contributed by atoms with Crippen molar-refractivity contribution < 1.29 is 4.79 Å². The average molecular weight is 192 g/mol. The molecule has 0 heterocycles. The molecule has 14 heavy (non-hydrogen) atoms. The smallest absolute Gasteiger partial charge is 0.184 e. The molecule has 1 rings (SSSR count). The lowest BCUT2D eigenvalue weighted by atomic mass is 9.97. The molecule has 0 aromatic heterocycles. The van der Waals surface area contributed by atoms with Gasteiger partial charge in [-0.1, -0.05) is 26.7 Å². The van der Waals surface area contributed by atoms with E-state index >= 15 is 0 Å². The van der Waals surface area contributed by atoms with Crippen molar-refractivity contribution >= 4 is 5.78 Å². The first-order valence-electron chi connectivity index (χ1n) is 5.58. The zero-order valence-electron chi connectivity index (χ0n) is 9.74. The highest BCUT2D eigenvalue weighted by molar-refractivity contribution is 6.12. The van der Waals surface area contributed by atoms with Gasteiger partial charge < -0.3 is 0 Å². The van der Waals surface area contributed by atoms with Crippen LogP contribution in [0.5, 0.6) is 0 Å². The molecule has 0 aromatic carbocycles. The van der Waals surface area contributed by atoms with Crippen LogP contribution >= 0.6 is 0 Å². The van der Waals surface area contributed by atoms with E-state index in [-0.39, 0.29) is 5.78 Å². The monoisotopic (exact) mass is 192 g/mol. The number of ketones is 1. The lowest BCUT2D eigenvalue weighted by molar-refractivity contribution is -0.112. The number of carbonyl (C=O) groups excluding carboxylic acids is 1. The standard InChI is InChI=1S/C13H20O/c1-5-7-11-9(3)13(14)10(4)12(11)8-6-2/h5-8H2,1-4H3. The maximum absolute atomic E-state index is 11.8. The molecule has 1 heteroatoms. The molecule has 0 bridgehead atoms. The summed E-state index contributed by atoms with van der Waals surface area (Å²) < 4.78 is 0. The van der Waals surface area contributed by atoms with Crippen molar-refractivity contribution in [3.8, 4) is 0 Å². The first kappa shape index (κ1) is 11.2. The quantitative estimate of drug-likeness (QED) is 0.662. The molecule has 0 saturated heterocycles. The van der Waals surface area contributed by atoms with Gasteiger partial charge in [-0.2, -0.15) is 0 Å². The van der Waals surface area contributed by atoms with Crippen molar-refractivity contribution in [1.82, 2.24) is 0 Å². The second kappa shape index (κ2) is 4.59. The average Bonchev–Trinajstić information content (AvgIpc) is 2.36. The topological polar surface area (TPSA) is 17.1 Å². The summed E-state index contributed by atoms with van der Waals surface area (Å²) in [5.41, 5.74) is 4.65. The molecule has 78 valence electrons. The Balaban J connectivity index is 3.02. The zero-order valence-corrected chi connectivity index (χ0v) is 9.74. The molecule has 0 saturated carbocycles. The van der Waals surface area contributed by atoms with E-state index in [2.05, 4.69) is 13.8 Å². The van der Waals surface area contributed by atoms with E-state index in [4.69, 9.17) is 0 Å². The Morgan fingerprint density at radius 1 is 0.857 bits per heavy atom. The zero-order chi connectivity index (χ0) is 10.7. The molecule has 1 aliphatic carbocycles. The van der Waals surface area contributed by atoms with E-state index in [9.17, 15) is 4.79 Å². The summed E-state index contributed by atoms with van der Waals surface area (Å²) in [6, 6.07) is 0. The van der Waals surface area contributed by atoms with E-state index in [1.807, 2.05) is 13.8 Å². The highest BCUT2D eigenvalue weighted by Gasteiger charge is 2.24. The second-order valence-corrected chi connectivity index (χ2v) is 4.04. The van der Waals surface area contributed by atoms with Crippen LogP contribution in [0.15, 0.2) is 22.3 Å². The Hall–Kier alpha value is -0.850. The fourth-order valence-electron chi connectivity index (χ4n) is 2.18. The van der Waals surface area contributed by atoms with Crippen molar-refractivity contribution in [3.63, 3.8) is 0 Å². The normalized spacial score (nSPS) is 17.3. The van der Waals surface area contributed by atoms with Crippen LogP contribution < -0.4 is 0 Å². The van der Waals surface area contributed by atoms with Gasteiger partial charge in [-0.05, 0) is 37.8 Å². The molecule has 0 fully saturated rings. The van der Waals surface area contributed by atoms with Gasteiger partial charge in [-0.25, -0.2) is 0 Å². The van der Waals surface area contributed by atoms with Crippen LogP contribution in [0.2, 0.25) is 0 Å². The van der Waals surface area contributed by atoms with Crippen LogP contribution in [0.25, 0.3) is 0 Å². The molecule has 0 spiro atoms. The highest BCUT2D eigenvalue weighted by Crippen LogP contribution is 2.34. The molecule has 0 amide bonds. The number of Topliss-reactive ketones (excluding diaryl/α,β-unsaturated/α-hetero) is 1. The van der Waals surface area contributed by atoms with Gasteiger partial charge in [-0.15, -0.1) is 0 Å². The number of hydrogen-bond acceptors (Lipinski definition) is 1. The van der Waals surface area contributed by atoms with E-state index < -0.39 is 0 Å². The molecule has 1 aliphatic rings. The van der Waals surface area contributed by atoms with Gasteiger partial charge in [0.25, 0.3) is 0 Å². The minimum atomic E-state index is 0.275. The predicted octanol–water partition coefficient (Wildman–Crippen LogP) is 3.80. The molecule has 0 aliphatic heterocycles. The van der Waals surface area contributed by atoms with Crippen molar-refractivity contribution in [2.45, 2.75) is 53.4 Å².